The zero-order valence-corrected chi connectivity index (χ0v) is 10.2. The van der Waals surface area contributed by atoms with E-state index in [1.54, 1.807) is 31.4 Å². The molecule has 1 aromatic heterocycles. The van der Waals surface area contributed by atoms with Crippen molar-refractivity contribution < 1.29 is 9.18 Å². The molecule has 0 aliphatic rings. The van der Waals surface area contributed by atoms with Crippen LogP contribution in [0.1, 0.15) is 29.0 Å². The summed E-state index contributed by atoms with van der Waals surface area (Å²) in [7, 11) is 1.71. The Morgan fingerprint density at radius 2 is 2.00 bits per heavy atom. The quantitative estimate of drug-likeness (QED) is 0.902. The molecule has 0 bridgehead atoms. The monoisotopic (exact) mass is 247 g/mol. The topological polar surface area (TPSA) is 46.9 Å². The minimum absolute atomic E-state index is 0.187. The highest BCUT2D eigenvalue weighted by Crippen LogP contribution is 2.13. The Morgan fingerprint density at radius 3 is 2.56 bits per heavy atom. The molecule has 1 amide bonds. The molecule has 0 radical (unpaired) electrons. The summed E-state index contributed by atoms with van der Waals surface area (Å²) in [6, 6.07) is 7.53. The van der Waals surface area contributed by atoms with Crippen LogP contribution in [0.25, 0.3) is 0 Å². The van der Waals surface area contributed by atoms with Crippen LogP contribution in [0.5, 0.6) is 0 Å². The molecular formula is C13H14FN3O. The molecule has 94 valence electrons. The van der Waals surface area contributed by atoms with Crippen LogP contribution in [0.2, 0.25) is 0 Å². The van der Waals surface area contributed by atoms with E-state index in [1.807, 2.05) is 6.92 Å². The van der Waals surface area contributed by atoms with Crippen LogP contribution in [0.15, 0.2) is 36.5 Å². The summed E-state index contributed by atoms with van der Waals surface area (Å²) in [6.07, 6.45) is 1.57. The summed E-state index contributed by atoms with van der Waals surface area (Å²) < 4.78 is 14.3. The van der Waals surface area contributed by atoms with Gasteiger partial charge in [0.05, 0.1) is 6.04 Å². The third-order valence-electron chi connectivity index (χ3n) is 2.77. The van der Waals surface area contributed by atoms with Gasteiger partial charge in [0.1, 0.15) is 11.5 Å². The van der Waals surface area contributed by atoms with E-state index in [0.717, 1.165) is 5.56 Å². The molecular weight excluding hydrogens is 233 g/mol. The first-order valence-electron chi connectivity index (χ1n) is 5.62. The maximum atomic E-state index is 12.8. The number of rotatable bonds is 3. The van der Waals surface area contributed by atoms with Crippen molar-refractivity contribution in [1.29, 1.82) is 0 Å². The number of hydrogen-bond donors (Lipinski definition) is 1. The highest BCUT2D eigenvalue weighted by molar-refractivity contribution is 5.92. The van der Waals surface area contributed by atoms with Gasteiger partial charge < -0.3 is 5.32 Å². The van der Waals surface area contributed by atoms with Gasteiger partial charge in [-0.15, -0.1) is 0 Å². The Morgan fingerprint density at radius 1 is 1.33 bits per heavy atom. The number of hydrogen-bond acceptors (Lipinski definition) is 2. The zero-order chi connectivity index (χ0) is 13.1. The lowest BCUT2D eigenvalue weighted by Crippen LogP contribution is -2.28. The van der Waals surface area contributed by atoms with E-state index >= 15 is 0 Å². The average molecular weight is 247 g/mol. The molecule has 18 heavy (non-hydrogen) atoms. The SMILES string of the molecule is CC(NC(=O)c1ccnn1C)c1ccc(F)cc1. The molecule has 4 nitrogen and oxygen atoms in total. The van der Waals surface area contributed by atoms with E-state index in [-0.39, 0.29) is 17.8 Å². The fourth-order valence-electron chi connectivity index (χ4n) is 1.70. The van der Waals surface area contributed by atoms with Crippen LogP contribution in [-0.4, -0.2) is 15.7 Å². The average Bonchev–Trinajstić information content (AvgIpc) is 2.76. The zero-order valence-electron chi connectivity index (χ0n) is 10.2. The van der Waals surface area contributed by atoms with Gasteiger partial charge in [0, 0.05) is 13.2 Å². The largest absolute Gasteiger partial charge is 0.344 e. The van der Waals surface area contributed by atoms with Crippen LogP contribution in [0.3, 0.4) is 0 Å². The second-order valence-corrected chi connectivity index (χ2v) is 4.09. The number of carbonyl (C=O) groups is 1. The summed E-state index contributed by atoms with van der Waals surface area (Å²) in [5, 5.41) is 6.77. The minimum Gasteiger partial charge on any atom is -0.344 e. The number of nitrogens with zero attached hydrogens (tertiary/aromatic N) is 2. The molecule has 1 atom stereocenters. The molecule has 2 rings (SSSR count). The van der Waals surface area contributed by atoms with Crippen molar-refractivity contribution in [2.75, 3.05) is 0 Å². The third-order valence-corrected chi connectivity index (χ3v) is 2.77. The number of amides is 1. The van der Waals surface area contributed by atoms with Gasteiger partial charge in [-0.3, -0.25) is 9.48 Å². The first kappa shape index (κ1) is 12.3. The van der Waals surface area contributed by atoms with E-state index in [4.69, 9.17) is 0 Å². The molecule has 1 heterocycles. The number of halogens is 1. The Kier molecular flexibility index (Phi) is 3.41. The van der Waals surface area contributed by atoms with Crippen LogP contribution in [0.4, 0.5) is 4.39 Å². The lowest BCUT2D eigenvalue weighted by Gasteiger charge is -2.14. The second-order valence-electron chi connectivity index (χ2n) is 4.09. The number of carbonyl (C=O) groups excluding carboxylic acids is 1. The van der Waals surface area contributed by atoms with Gasteiger partial charge in [0.15, 0.2) is 0 Å². The fraction of sp³-hybridized carbons (Fsp3) is 0.231. The van der Waals surface area contributed by atoms with Gasteiger partial charge >= 0.3 is 0 Å². The molecule has 1 unspecified atom stereocenters. The maximum absolute atomic E-state index is 12.8. The fourth-order valence-corrected chi connectivity index (χ4v) is 1.70. The van der Waals surface area contributed by atoms with Gasteiger partial charge in [0.2, 0.25) is 0 Å². The highest BCUT2D eigenvalue weighted by atomic mass is 19.1. The summed E-state index contributed by atoms with van der Waals surface area (Å²) in [4.78, 5) is 11.9. The molecule has 0 aliphatic heterocycles. The van der Waals surface area contributed by atoms with Crippen LogP contribution in [0, 0.1) is 5.82 Å². The van der Waals surface area contributed by atoms with Gasteiger partial charge in [0.25, 0.3) is 5.91 Å². The molecule has 0 saturated carbocycles. The van der Waals surface area contributed by atoms with E-state index in [0.29, 0.717) is 5.69 Å². The van der Waals surface area contributed by atoms with Crippen molar-refractivity contribution in [3.05, 3.63) is 53.6 Å². The van der Waals surface area contributed by atoms with Crippen molar-refractivity contribution in [1.82, 2.24) is 15.1 Å². The predicted octanol–water partition coefficient (Wildman–Crippen LogP) is 2.05. The molecule has 1 N–H and O–H groups in total. The summed E-state index contributed by atoms with van der Waals surface area (Å²) in [5.74, 6) is -0.490. The van der Waals surface area contributed by atoms with Crippen LogP contribution >= 0.6 is 0 Å². The van der Waals surface area contributed by atoms with Crippen molar-refractivity contribution in [2.24, 2.45) is 7.05 Å². The van der Waals surface area contributed by atoms with Gasteiger partial charge in [-0.05, 0) is 30.7 Å². The van der Waals surface area contributed by atoms with Crippen molar-refractivity contribution >= 4 is 5.91 Å². The molecule has 0 saturated heterocycles. The van der Waals surface area contributed by atoms with Gasteiger partial charge in [-0.1, -0.05) is 12.1 Å². The summed E-state index contributed by atoms with van der Waals surface area (Å²) in [6.45, 7) is 1.85. The normalized spacial score (nSPS) is 12.2. The highest BCUT2D eigenvalue weighted by Gasteiger charge is 2.13. The summed E-state index contributed by atoms with van der Waals surface area (Å²) in [5.41, 5.74) is 1.34. The first-order valence-corrected chi connectivity index (χ1v) is 5.62. The summed E-state index contributed by atoms with van der Waals surface area (Å²) >= 11 is 0. The van der Waals surface area contributed by atoms with Crippen LogP contribution < -0.4 is 5.32 Å². The van der Waals surface area contributed by atoms with Gasteiger partial charge in [-0.2, -0.15) is 5.10 Å². The van der Waals surface area contributed by atoms with Crippen molar-refractivity contribution in [3.63, 3.8) is 0 Å². The lowest BCUT2D eigenvalue weighted by atomic mass is 10.1. The van der Waals surface area contributed by atoms with E-state index in [1.165, 1.54) is 16.8 Å². The Hall–Kier alpha value is -2.17. The molecule has 5 heteroatoms. The molecule has 1 aromatic carbocycles. The second kappa shape index (κ2) is 5.00. The van der Waals surface area contributed by atoms with Crippen molar-refractivity contribution in [2.45, 2.75) is 13.0 Å². The molecule has 0 spiro atoms. The molecule has 2 aromatic rings. The number of aryl methyl sites for hydroxylation is 1. The Balaban J connectivity index is 2.08. The number of aromatic nitrogens is 2. The molecule has 0 fully saturated rings. The van der Waals surface area contributed by atoms with E-state index in [2.05, 4.69) is 10.4 Å². The van der Waals surface area contributed by atoms with Crippen LogP contribution in [-0.2, 0) is 7.05 Å². The lowest BCUT2D eigenvalue weighted by molar-refractivity contribution is 0.0930. The van der Waals surface area contributed by atoms with E-state index in [9.17, 15) is 9.18 Å². The first-order chi connectivity index (χ1) is 8.58. The third kappa shape index (κ3) is 2.56. The Bertz CT molecular complexity index is 548. The van der Waals surface area contributed by atoms with Crippen molar-refractivity contribution in [3.8, 4) is 0 Å². The predicted molar refractivity (Wildman–Crippen MR) is 65.5 cm³/mol. The number of nitrogens with one attached hydrogen (secondary N) is 1. The smallest absolute Gasteiger partial charge is 0.270 e. The maximum Gasteiger partial charge on any atom is 0.270 e. The molecule has 0 aliphatic carbocycles. The Labute approximate surface area is 104 Å². The van der Waals surface area contributed by atoms with Gasteiger partial charge in [-0.25, -0.2) is 4.39 Å². The van der Waals surface area contributed by atoms with E-state index < -0.39 is 0 Å². The minimum atomic E-state index is -0.288. The number of benzene rings is 1. The standard InChI is InChI=1S/C13H14FN3O/c1-9(10-3-5-11(14)6-4-10)16-13(18)12-7-8-15-17(12)2/h3-9H,1-2H3,(H,16,18).